The van der Waals surface area contributed by atoms with Gasteiger partial charge in [0.05, 0.1) is 6.61 Å². The molecule has 1 rings (SSSR count). The highest BCUT2D eigenvalue weighted by Gasteiger charge is 2.02. The number of hydrogen-bond donors (Lipinski definition) is 0. The Morgan fingerprint density at radius 3 is 2.29 bits per heavy atom. The van der Waals surface area contributed by atoms with Gasteiger partial charge in [-0.3, -0.25) is 0 Å². The molecule has 0 atom stereocenters. The van der Waals surface area contributed by atoms with Gasteiger partial charge in [0.1, 0.15) is 11.5 Å². The van der Waals surface area contributed by atoms with Crippen LogP contribution in [0.5, 0.6) is 11.5 Å². The number of allylic oxidation sites excluding steroid dienone is 3. The minimum absolute atomic E-state index is 0.339. The molecule has 21 heavy (non-hydrogen) atoms. The van der Waals surface area contributed by atoms with E-state index in [2.05, 4.69) is 19.9 Å². The molecule has 1 aromatic carbocycles. The second kappa shape index (κ2) is 9.01. The standard InChI is InChI=1S/C18H24O3/c1-5-20-16-9-11-17(12-10-16)21-18(19)13-15(4)8-6-7-14(2)3/h7,9-13H,5-6,8H2,1-4H3/b15-13+. The largest absolute Gasteiger partial charge is 0.494 e. The average molecular weight is 288 g/mol. The van der Waals surface area contributed by atoms with Crippen LogP contribution in [0, 0.1) is 0 Å². The van der Waals surface area contributed by atoms with Gasteiger partial charge in [0.25, 0.3) is 0 Å². The summed E-state index contributed by atoms with van der Waals surface area (Å²) >= 11 is 0. The summed E-state index contributed by atoms with van der Waals surface area (Å²) in [7, 11) is 0. The predicted molar refractivity (Wildman–Crippen MR) is 85.7 cm³/mol. The number of hydrogen-bond acceptors (Lipinski definition) is 3. The first kappa shape index (κ1) is 17.0. The third-order valence-electron chi connectivity index (χ3n) is 2.81. The van der Waals surface area contributed by atoms with Gasteiger partial charge < -0.3 is 9.47 Å². The van der Waals surface area contributed by atoms with Gasteiger partial charge in [-0.2, -0.15) is 0 Å². The number of esters is 1. The SMILES string of the molecule is CCOc1ccc(OC(=O)/C=C(\C)CCC=C(C)C)cc1. The van der Waals surface area contributed by atoms with Gasteiger partial charge >= 0.3 is 5.97 Å². The molecule has 0 unspecified atom stereocenters. The Hall–Kier alpha value is -2.03. The van der Waals surface area contributed by atoms with E-state index in [1.54, 1.807) is 30.3 Å². The van der Waals surface area contributed by atoms with Crippen LogP contribution in [0.3, 0.4) is 0 Å². The fraction of sp³-hybridized carbons (Fsp3) is 0.389. The number of benzene rings is 1. The lowest BCUT2D eigenvalue weighted by Gasteiger charge is -2.05. The Kier molecular flexibility index (Phi) is 7.30. The number of ether oxygens (including phenoxy) is 2. The zero-order chi connectivity index (χ0) is 15.7. The highest BCUT2D eigenvalue weighted by Crippen LogP contribution is 2.18. The van der Waals surface area contributed by atoms with Crippen LogP contribution in [0.1, 0.15) is 40.5 Å². The van der Waals surface area contributed by atoms with Crippen molar-refractivity contribution in [1.29, 1.82) is 0 Å². The van der Waals surface area contributed by atoms with Crippen molar-refractivity contribution in [2.45, 2.75) is 40.5 Å². The van der Waals surface area contributed by atoms with Gasteiger partial charge in [-0.1, -0.05) is 17.2 Å². The van der Waals surface area contributed by atoms with Crippen molar-refractivity contribution in [3.63, 3.8) is 0 Å². The molecule has 0 bridgehead atoms. The Labute approximate surface area is 127 Å². The quantitative estimate of drug-likeness (QED) is 0.316. The van der Waals surface area contributed by atoms with E-state index in [-0.39, 0.29) is 5.97 Å². The van der Waals surface area contributed by atoms with E-state index in [0.717, 1.165) is 24.2 Å². The van der Waals surface area contributed by atoms with E-state index < -0.39 is 0 Å². The van der Waals surface area contributed by atoms with Crippen LogP contribution >= 0.6 is 0 Å². The Morgan fingerprint density at radius 1 is 1.10 bits per heavy atom. The lowest BCUT2D eigenvalue weighted by atomic mass is 10.1. The van der Waals surface area contributed by atoms with E-state index in [0.29, 0.717) is 12.4 Å². The van der Waals surface area contributed by atoms with Crippen molar-refractivity contribution in [2.75, 3.05) is 6.61 Å². The van der Waals surface area contributed by atoms with Gasteiger partial charge in [-0.05, 0) is 64.8 Å². The van der Waals surface area contributed by atoms with E-state index in [1.807, 2.05) is 13.8 Å². The third-order valence-corrected chi connectivity index (χ3v) is 2.81. The first-order valence-corrected chi connectivity index (χ1v) is 7.26. The second-order valence-electron chi connectivity index (χ2n) is 5.14. The number of carbonyl (C=O) groups is 1. The summed E-state index contributed by atoms with van der Waals surface area (Å²) in [4.78, 5) is 11.8. The van der Waals surface area contributed by atoms with Crippen molar-refractivity contribution in [1.82, 2.24) is 0 Å². The van der Waals surface area contributed by atoms with Gasteiger partial charge in [0, 0.05) is 6.08 Å². The maximum absolute atomic E-state index is 11.8. The molecule has 0 radical (unpaired) electrons. The molecule has 0 aliphatic heterocycles. The minimum atomic E-state index is -0.339. The Bertz CT molecular complexity index is 506. The van der Waals surface area contributed by atoms with Gasteiger partial charge in [0.2, 0.25) is 0 Å². The summed E-state index contributed by atoms with van der Waals surface area (Å²) in [5.41, 5.74) is 2.31. The molecule has 0 amide bonds. The molecule has 0 saturated carbocycles. The zero-order valence-corrected chi connectivity index (χ0v) is 13.3. The second-order valence-corrected chi connectivity index (χ2v) is 5.14. The monoisotopic (exact) mass is 288 g/mol. The van der Waals surface area contributed by atoms with Crippen LogP contribution in [-0.4, -0.2) is 12.6 Å². The van der Waals surface area contributed by atoms with Crippen LogP contribution in [0.25, 0.3) is 0 Å². The molecule has 114 valence electrons. The summed E-state index contributed by atoms with van der Waals surface area (Å²) < 4.78 is 10.6. The molecule has 0 aliphatic rings. The summed E-state index contributed by atoms with van der Waals surface area (Å²) in [6, 6.07) is 7.04. The molecule has 0 heterocycles. The molecular formula is C18H24O3. The van der Waals surface area contributed by atoms with Crippen molar-refractivity contribution < 1.29 is 14.3 Å². The maximum atomic E-state index is 11.8. The van der Waals surface area contributed by atoms with Crippen LogP contribution in [-0.2, 0) is 4.79 Å². The maximum Gasteiger partial charge on any atom is 0.336 e. The first-order chi connectivity index (χ1) is 10.0. The Balaban J connectivity index is 2.50. The topological polar surface area (TPSA) is 35.5 Å². The Morgan fingerprint density at radius 2 is 1.71 bits per heavy atom. The van der Waals surface area contributed by atoms with Crippen LogP contribution in [0.4, 0.5) is 0 Å². The first-order valence-electron chi connectivity index (χ1n) is 7.26. The normalized spacial score (nSPS) is 11.0. The summed E-state index contributed by atoms with van der Waals surface area (Å²) in [5, 5.41) is 0. The van der Waals surface area contributed by atoms with Crippen molar-refractivity contribution in [2.24, 2.45) is 0 Å². The molecule has 3 nitrogen and oxygen atoms in total. The lowest BCUT2D eigenvalue weighted by Crippen LogP contribution is -2.04. The molecule has 1 aromatic rings. The van der Waals surface area contributed by atoms with Gasteiger partial charge in [0.15, 0.2) is 0 Å². The average Bonchev–Trinajstić information content (AvgIpc) is 2.40. The van der Waals surface area contributed by atoms with E-state index >= 15 is 0 Å². The molecule has 0 N–H and O–H groups in total. The third kappa shape index (κ3) is 7.35. The van der Waals surface area contributed by atoms with Crippen LogP contribution in [0.2, 0.25) is 0 Å². The zero-order valence-electron chi connectivity index (χ0n) is 13.3. The van der Waals surface area contributed by atoms with Crippen LogP contribution in [0.15, 0.2) is 47.6 Å². The summed E-state index contributed by atoms with van der Waals surface area (Å²) in [6.45, 7) is 8.63. The minimum Gasteiger partial charge on any atom is -0.494 e. The highest BCUT2D eigenvalue weighted by atomic mass is 16.5. The summed E-state index contributed by atoms with van der Waals surface area (Å²) in [6.07, 6.45) is 5.52. The summed E-state index contributed by atoms with van der Waals surface area (Å²) in [5.74, 6) is 0.955. The molecule has 3 heteroatoms. The smallest absolute Gasteiger partial charge is 0.336 e. The molecule has 0 fully saturated rings. The van der Waals surface area contributed by atoms with E-state index in [9.17, 15) is 4.79 Å². The van der Waals surface area contributed by atoms with Gasteiger partial charge in [-0.15, -0.1) is 0 Å². The molecule has 0 aromatic heterocycles. The fourth-order valence-corrected chi connectivity index (χ4v) is 1.78. The molecular weight excluding hydrogens is 264 g/mol. The van der Waals surface area contributed by atoms with E-state index in [1.165, 1.54) is 5.57 Å². The van der Waals surface area contributed by atoms with Crippen molar-refractivity contribution in [3.8, 4) is 11.5 Å². The lowest BCUT2D eigenvalue weighted by molar-refractivity contribution is -0.129. The molecule has 0 aliphatic carbocycles. The van der Waals surface area contributed by atoms with E-state index in [4.69, 9.17) is 9.47 Å². The van der Waals surface area contributed by atoms with Crippen molar-refractivity contribution in [3.05, 3.63) is 47.6 Å². The van der Waals surface area contributed by atoms with Crippen molar-refractivity contribution >= 4 is 5.97 Å². The number of rotatable bonds is 7. The molecule has 0 spiro atoms. The molecule has 0 saturated heterocycles. The van der Waals surface area contributed by atoms with Gasteiger partial charge in [-0.25, -0.2) is 4.79 Å². The highest BCUT2D eigenvalue weighted by molar-refractivity contribution is 5.84. The van der Waals surface area contributed by atoms with Crippen LogP contribution < -0.4 is 9.47 Å². The fourth-order valence-electron chi connectivity index (χ4n) is 1.78. The number of carbonyl (C=O) groups excluding carboxylic acids is 1. The predicted octanol–water partition coefficient (Wildman–Crippen LogP) is 4.68.